The van der Waals surface area contributed by atoms with Crippen LogP contribution in [-0.4, -0.2) is 78.4 Å². The van der Waals surface area contributed by atoms with Crippen LogP contribution in [0.1, 0.15) is 11.1 Å². The van der Waals surface area contributed by atoms with Gasteiger partial charge in [-0.1, -0.05) is 54.6 Å². The van der Waals surface area contributed by atoms with Crippen LogP contribution in [0.4, 0.5) is 5.69 Å². The van der Waals surface area contributed by atoms with E-state index in [1.54, 1.807) is 60.7 Å². The molecule has 1 unspecified atom stereocenters. The van der Waals surface area contributed by atoms with Crippen molar-refractivity contribution in [3.05, 3.63) is 84.0 Å². The van der Waals surface area contributed by atoms with E-state index < -0.39 is 23.1 Å². The lowest BCUT2D eigenvalue weighted by Gasteiger charge is -2.36. The van der Waals surface area contributed by atoms with E-state index >= 15 is 0 Å². The predicted octanol–water partition coefficient (Wildman–Crippen LogP) is 2.13. The minimum atomic E-state index is -1.75. The number of hydrogen-bond acceptors (Lipinski definition) is 6. The third-order valence-corrected chi connectivity index (χ3v) is 6.91. The Bertz CT molecular complexity index is 1220. The Morgan fingerprint density at radius 1 is 1.00 bits per heavy atom. The largest absolute Gasteiger partial charge is 0.507 e. The Hall–Kier alpha value is -3.75. The number of para-hydroxylation sites is 1. The molecular weight excluding hydrogens is 446 g/mol. The van der Waals surface area contributed by atoms with Crippen LogP contribution in [0.2, 0.25) is 0 Å². The number of benzene rings is 2. The highest BCUT2D eigenvalue weighted by Crippen LogP contribution is 2.53. The fourth-order valence-corrected chi connectivity index (χ4v) is 5.28. The summed E-state index contributed by atoms with van der Waals surface area (Å²) in [6, 6.07) is 15.7. The molecule has 8 nitrogen and oxygen atoms in total. The van der Waals surface area contributed by atoms with Gasteiger partial charge in [0.25, 0.3) is 17.6 Å². The zero-order valence-electron chi connectivity index (χ0n) is 19.4. The molecule has 180 valence electrons. The van der Waals surface area contributed by atoms with Crippen molar-refractivity contribution in [2.75, 3.05) is 50.8 Å². The van der Waals surface area contributed by atoms with E-state index in [-0.39, 0.29) is 24.4 Å². The van der Waals surface area contributed by atoms with Crippen molar-refractivity contribution in [1.29, 1.82) is 0 Å². The number of nitrogens with zero attached hydrogens (tertiary/aromatic N) is 3. The molecule has 1 atom stereocenters. The number of amides is 2. The number of carbonyl (C=O) groups is 3. The van der Waals surface area contributed by atoms with Crippen molar-refractivity contribution in [3.63, 3.8) is 0 Å². The molecule has 0 saturated carbocycles. The second-order valence-corrected chi connectivity index (χ2v) is 8.76. The zero-order valence-corrected chi connectivity index (χ0v) is 19.4. The Balaban J connectivity index is 1.71. The van der Waals surface area contributed by atoms with Crippen LogP contribution in [0.15, 0.2) is 72.8 Å². The standard InChI is InChI=1S/C27H27N3O5/c1-2-12-29-21-11-7-6-10-20(21)27(26(29)34)22(23(31)19-8-4-3-5-9-19)24(32)25(33)30(27)14-13-28-15-17-35-18-16-28/h2-11,31H,1,12-18H2. The number of anilines is 1. The number of rotatable bonds is 6. The summed E-state index contributed by atoms with van der Waals surface area (Å²) >= 11 is 0. The fourth-order valence-electron chi connectivity index (χ4n) is 5.28. The monoisotopic (exact) mass is 473 g/mol. The zero-order chi connectivity index (χ0) is 24.6. The fraction of sp³-hybridized carbons (Fsp3) is 0.296. The van der Waals surface area contributed by atoms with Crippen LogP contribution in [0.3, 0.4) is 0 Å². The van der Waals surface area contributed by atoms with Gasteiger partial charge in [-0.05, 0) is 6.07 Å². The number of morpholine rings is 1. The van der Waals surface area contributed by atoms with E-state index in [1.807, 2.05) is 0 Å². The summed E-state index contributed by atoms with van der Waals surface area (Å²) in [5, 5.41) is 11.4. The van der Waals surface area contributed by atoms with Crippen LogP contribution in [-0.2, 0) is 24.7 Å². The maximum atomic E-state index is 14.2. The summed E-state index contributed by atoms with van der Waals surface area (Å²) in [5.74, 6) is -2.46. The molecule has 0 aromatic heterocycles. The Morgan fingerprint density at radius 2 is 1.69 bits per heavy atom. The number of aliphatic hydroxyl groups excluding tert-OH is 1. The van der Waals surface area contributed by atoms with Gasteiger partial charge in [0.15, 0.2) is 5.54 Å². The van der Waals surface area contributed by atoms with Gasteiger partial charge in [0.2, 0.25) is 0 Å². The summed E-state index contributed by atoms with van der Waals surface area (Å²) in [6.07, 6.45) is 1.60. The lowest BCUT2D eigenvalue weighted by Crippen LogP contribution is -2.54. The number of hydrogen-bond donors (Lipinski definition) is 1. The van der Waals surface area contributed by atoms with Gasteiger partial charge in [0, 0.05) is 43.9 Å². The van der Waals surface area contributed by atoms with Gasteiger partial charge < -0.3 is 19.6 Å². The molecule has 2 amide bonds. The Kier molecular flexibility index (Phi) is 6.00. The number of Topliss-reactive ketones (excluding diaryl/α,β-unsaturated/α-hetero) is 1. The number of ether oxygens (including phenoxy) is 1. The molecule has 35 heavy (non-hydrogen) atoms. The van der Waals surface area contributed by atoms with E-state index in [0.717, 1.165) is 0 Å². The van der Waals surface area contributed by atoms with Gasteiger partial charge >= 0.3 is 0 Å². The molecule has 3 aliphatic heterocycles. The third-order valence-electron chi connectivity index (χ3n) is 6.91. The molecule has 3 aliphatic rings. The molecule has 2 fully saturated rings. The average Bonchev–Trinajstić information content (AvgIpc) is 3.27. The maximum Gasteiger partial charge on any atom is 0.296 e. The first-order chi connectivity index (χ1) is 17.0. The predicted molar refractivity (Wildman–Crippen MR) is 131 cm³/mol. The SMILES string of the molecule is C=CCN1C(=O)C2(C(=C(O)c3ccccc3)C(=O)C(=O)N2CCN2CCOCC2)c2ccccc21. The molecule has 0 radical (unpaired) electrons. The molecule has 2 aromatic rings. The molecule has 5 rings (SSSR count). The number of carbonyl (C=O) groups excluding carboxylic acids is 3. The molecule has 8 heteroatoms. The van der Waals surface area contributed by atoms with Crippen LogP contribution in [0.5, 0.6) is 0 Å². The molecule has 0 aliphatic carbocycles. The smallest absolute Gasteiger partial charge is 0.296 e. The van der Waals surface area contributed by atoms with E-state index in [1.165, 1.54) is 9.80 Å². The Labute approximate surface area is 203 Å². The lowest BCUT2D eigenvalue weighted by molar-refractivity contribution is -0.144. The van der Waals surface area contributed by atoms with E-state index in [2.05, 4.69) is 11.5 Å². The molecule has 2 saturated heterocycles. The molecule has 2 aromatic carbocycles. The number of likely N-dealkylation sites (tertiary alicyclic amines) is 1. The summed E-state index contributed by atoms with van der Waals surface area (Å²) < 4.78 is 5.42. The topological polar surface area (TPSA) is 90.4 Å². The summed E-state index contributed by atoms with van der Waals surface area (Å²) in [7, 11) is 0. The molecular formula is C27H27N3O5. The molecule has 3 heterocycles. The summed E-state index contributed by atoms with van der Waals surface area (Å²) in [6.45, 7) is 7.19. The van der Waals surface area contributed by atoms with Crippen LogP contribution in [0, 0.1) is 0 Å². The quantitative estimate of drug-likeness (QED) is 0.299. The number of fused-ring (bicyclic) bond motifs is 2. The minimum absolute atomic E-state index is 0.151. The molecule has 1 spiro atoms. The average molecular weight is 474 g/mol. The van der Waals surface area contributed by atoms with E-state index in [4.69, 9.17) is 4.74 Å². The van der Waals surface area contributed by atoms with Crippen molar-refractivity contribution in [3.8, 4) is 0 Å². The summed E-state index contributed by atoms with van der Waals surface area (Å²) in [5.41, 5.74) is -0.481. The number of aliphatic hydroxyl groups is 1. The Morgan fingerprint density at radius 3 is 2.40 bits per heavy atom. The highest BCUT2D eigenvalue weighted by molar-refractivity contribution is 6.50. The van der Waals surface area contributed by atoms with Crippen molar-refractivity contribution in [2.45, 2.75) is 5.54 Å². The van der Waals surface area contributed by atoms with Gasteiger partial charge in [-0.2, -0.15) is 0 Å². The van der Waals surface area contributed by atoms with Gasteiger partial charge in [-0.15, -0.1) is 6.58 Å². The van der Waals surface area contributed by atoms with Gasteiger partial charge in [-0.3, -0.25) is 19.3 Å². The second-order valence-electron chi connectivity index (χ2n) is 8.76. The van der Waals surface area contributed by atoms with Crippen molar-refractivity contribution in [2.24, 2.45) is 0 Å². The van der Waals surface area contributed by atoms with Crippen LogP contribution < -0.4 is 4.90 Å². The first-order valence-corrected chi connectivity index (χ1v) is 11.7. The first-order valence-electron chi connectivity index (χ1n) is 11.7. The first kappa shape index (κ1) is 23.0. The van der Waals surface area contributed by atoms with Gasteiger partial charge in [-0.25, -0.2) is 0 Å². The highest BCUT2D eigenvalue weighted by atomic mass is 16.5. The van der Waals surface area contributed by atoms with Crippen molar-refractivity contribution < 1.29 is 24.2 Å². The maximum absolute atomic E-state index is 14.2. The van der Waals surface area contributed by atoms with Crippen molar-refractivity contribution in [1.82, 2.24) is 9.80 Å². The number of ketones is 1. The minimum Gasteiger partial charge on any atom is -0.507 e. The van der Waals surface area contributed by atoms with Gasteiger partial charge in [0.1, 0.15) is 5.76 Å². The third kappa shape index (κ3) is 3.48. The van der Waals surface area contributed by atoms with E-state index in [0.29, 0.717) is 49.7 Å². The van der Waals surface area contributed by atoms with Crippen molar-refractivity contribution >= 4 is 29.0 Å². The normalized spacial score (nSPS) is 23.8. The van der Waals surface area contributed by atoms with Crippen LogP contribution >= 0.6 is 0 Å². The summed E-state index contributed by atoms with van der Waals surface area (Å²) in [4.78, 5) is 46.3. The van der Waals surface area contributed by atoms with Gasteiger partial charge in [0.05, 0.1) is 24.5 Å². The molecule has 1 N–H and O–H groups in total. The molecule has 0 bridgehead atoms. The lowest BCUT2D eigenvalue weighted by atomic mass is 9.82. The highest BCUT2D eigenvalue weighted by Gasteiger charge is 2.66. The van der Waals surface area contributed by atoms with Crippen LogP contribution in [0.25, 0.3) is 5.76 Å². The second kappa shape index (κ2) is 9.13. The van der Waals surface area contributed by atoms with E-state index in [9.17, 15) is 19.5 Å².